The predicted molar refractivity (Wildman–Crippen MR) is 40.3 cm³/mol. The Morgan fingerprint density at radius 2 is 2.21 bits per heavy atom. The van der Waals surface area contributed by atoms with Crippen molar-refractivity contribution < 1.29 is 27.4 Å². The van der Waals surface area contributed by atoms with Gasteiger partial charge in [-0.15, -0.1) is 0 Å². The number of carbonyl (C=O) groups excluding carboxylic acids is 1. The molecule has 0 saturated carbocycles. The van der Waals surface area contributed by atoms with Crippen LogP contribution in [0.2, 0.25) is 0 Å². The molecule has 0 aliphatic carbocycles. The van der Waals surface area contributed by atoms with E-state index in [-0.39, 0.29) is 6.61 Å². The van der Waals surface area contributed by atoms with Gasteiger partial charge in [-0.2, -0.15) is 13.2 Å². The number of hydrogen-bond acceptors (Lipinski definition) is 3. The maximum atomic E-state index is 12.6. The van der Waals surface area contributed by atoms with E-state index in [1.807, 2.05) is 0 Å². The minimum Gasteiger partial charge on any atom is -0.435 e. The quantitative estimate of drug-likeness (QED) is 0.655. The van der Waals surface area contributed by atoms with Crippen LogP contribution in [-0.4, -0.2) is 25.0 Å². The number of hydrogen-bond donors (Lipinski definition) is 0. The first-order chi connectivity index (χ1) is 6.31. The second-order valence-corrected chi connectivity index (χ2v) is 3.37. The predicted octanol–water partition coefficient (Wildman–Crippen LogP) is 1.86. The summed E-state index contributed by atoms with van der Waals surface area (Å²) in [7, 11) is 0. The van der Waals surface area contributed by atoms with Crippen LogP contribution >= 0.6 is 0 Å². The van der Waals surface area contributed by atoms with E-state index in [4.69, 9.17) is 4.74 Å². The molecule has 1 aliphatic rings. The van der Waals surface area contributed by atoms with E-state index in [0.29, 0.717) is 0 Å². The largest absolute Gasteiger partial charge is 0.435 e. The van der Waals surface area contributed by atoms with Gasteiger partial charge in [-0.05, 0) is 13.8 Å². The maximum Gasteiger partial charge on any atom is 0.400 e. The molecule has 1 rings (SSSR count). The van der Waals surface area contributed by atoms with Crippen molar-refractivity contribution in [2.75, 3.05) is 6.61 Å². The van der Waals surface area contributed by atoms with Gasteiger partial charge in [0, 0.05) is 6.61 Å². The smallest absolute Gasteiger partial charge is 0.400 e. The van der Waals surface area contributed by atoms with Gasteiger partial charge < -0.3 is 9.47 Å². The Labute approximate surface area is 79.2 Å². The molecular weight excluding hydrogens is 201 g/mol. The van der Waals surface area contributed by atoms with Gasteiger partial charge in [0.1, 0.15) is 5.41 Å². The fraction of sp³-hybridized carbons (Fsp3) is 0.875. The van der Waals surface area contributed by atoms with Gasteiger partial charge in [0.05, 0.1) is 6.42 Å². The van der Waals surface area contributed by atoms with Crippen LogP contribution in [0.25, 0.3) is 0 Å². The molecule has 0 aromatic heterocycles. The number of cyclic esters (lactones) is 1. The number of carbonyl (C=O) groups is 1. The SMILES string of the molecule is CCO[C@H]1OC(=O)C[C@]1(C)C(F)(F)F. The minimum absolute atomic E-state index is 0.0730. The summed E-state index contributed by atoms with van der Waals surface area (Å²) in [6, 6.07) is 0. The second kappa shape index (κ2) is 3.42. The lowest BCUT2D eigenvalue weighted by Gasteiger charge is -2.29. The molecule has 82 valence electrons. The summed E-state index contributed by atoms with van der Waals surface area (Å²) >= 11 is 0. The Bertz CT molecular complexity index is 238. The number of halogens is 3. The lowest BCUT2D eigenvalue weighted by molar-refractivity contribution is -0.277. The molecule has 0 bridgehead atoms. The van der Waals surface area contributed by atoms with Gasteiger partial charge in [0.2, 0.25) is 6.29 Å². The monoisotopic (exact) mass is 212 g/mol. The van der Waals surface area contributed by atoms with Crippen molar-refractivity contribution in [1.29, 1.82) is 0 Å². The Kier molecular flexibility index (Phi) is 2.76. The van der Waals surface area contributed by atoms with E-state index in [1.165, 1.54) is 0 Å². The van der Waals surface area contributed by atoms with E-state index >= 15 is 0 Å². The number of ether oxygens (including phenoxy) is 2. The average Bonchev–Trinajstić information content (AvgIpc) is 2.27. The van der Waals surface area contributed by atoms with Crippen LogP contribution < -0.4 is 0 Å². The highest BCUT2D eigenvalue weighted by molar-refractivity contribution is 5.73. The summed E-state index contributed by atoms with van der Waals surface area (Å²) < 4.78 is 47.0. The van der Waals surface area contributed by atoms with Crippen molar-refractivity contribution in [2.24, 2.45) is 5.41 Å². The zero-order valence-corrected chi connectivity index (χ0v) is 7.85. The molecule has 0 spiro atoms. The van der Waals surface area contributed by atoms with Crippen molar-refractivity contribution in [1.82, 2.24) is 0 Å². The first kappa shape index (κ1) is 11.3. The highest BCUT2D eigenvalue weighted by Gasteiger charge is 2.63. The molecule has 2 atom stereocenters. The molecule has 1 fully saturated rings. The van der Waals surface area contributed by atoms with Crippen LogP contribution in [0.1, 0.15) is 20.3 Å². The standard InChI is InChI=1S/C8H11F3O3/c1-3-13-6-7(2,8(9,10)11)4-5(12)14-6/h6H,3-4H2,1-2H3/t6-,7-/m0/s1. The van der Waals surface area contributed by atoms with Crippen molar-refractivity contribution >= 4 is 5.97 Å². The van der Waals surface area contributed by atoms with Crippen molar-refractivity contribution in [3.05, 3.63) is 0 Å². The molecule has 0 N–H and O–H groups in total. The summed E-state index contributed by atoms with van der Waals surface area (Å²) in [5.74, 6) is -0.872. The molecule has 3 nitrogen and oxygen atoms in total. The van der Waals surface area contributed by atoms with Gasteiger partial charge in [0.25, 0.3) is 0 Å². The van der Waals surface area contributed by atoms with Crippen LogP contribution in [0.3, 0.4) is 0 Å². The van der Waals surface area contributed by atoms with Crippen LogP contribution in [-0.2, 0) is 14.3 Å². The highest BCUT2D eigenvalue weighted by atomic mass is 19.4. The normalized spacial score (nSPS) is 33.2. The molecule has 1 heterocycles. The highest BCUT2D eigenvalue weighted by Crippen LogP contribution is 2.48. The minimum atomic E-state index is -4.50. The average molecular weight is 212 g/mol. The third kappa shape index (κ3) is 1.70. The Morgan fingerprint density at radius 3 is 2.64 bits per heavy atom. The molecule has 0 unspecified atom stereocenters. The molecule has 1 saturated heterocycles. The second-order valence-electron chi connectivity index (χ2n) is 3.37. The molecule has 0 radical (unpaired) electrons. The fourth-order valence-electron chi connectivity index (χ4n) is 1.28. The van der Waals surface area contributed by atoms with Gasteiger partial charge in [-0.25, -0.2) is 0 Å². The topological polar surface area (TPSA) is 35.5 Å². The molecule has 0 aromatic rings. The van der Waals surface area contributed by atoms with Gasteiger partial charge >= 0.3 is 12.1 Å². The van der Waals surface area contributed by atoms with E-state index in [0.717, 1.165) is 6.92 Å². The molecule has 1 aliphatic heterocycles. The summed E-state index contributed by atoms with van der Waals surface area (Å²) in [6.45, 7) is 2.55. The summed E-state index contributed by atoms with van der Waals surface area (Å²) in [6.07, 6.45) is -6.69. The fourth-order valence-corrected chi connectivity index (χ4v) is 1.28. The molecule has 14 heavy (non-hydrogen) atoms. The number of alkyl halides is 3. The molecule has 0 amide bonds. The zero-order valence-electron chi connectivity index (χ0n) is 7.85. The summed E-state index contributed by atoms with van der Waals surface area (Å²) in [4.78, 5) is 10.8. The first-order valence-electron chi connectivity index (χ1n) is 4.19. The third-order valence-electron chi connectivity index (χ3n) is 2.24. The van der Waals surface area contributed by atoms with Crippen molar-refractivity contribution in [2.45, 2.75) is 32.7 Å². The molecule has 6 heteroatoms. The van der Waals surface area contributed by atoms with E-state index in [2.05, 4.69) is 4.74 Å². The lowest BCUT2D eigenvalue weighted by Crippen LogP contribution is -2.43. The number of rotatable bonds is 2. The van der Waals surface area contributed by atoms with Crippen molar-refractivity contribution in [3.63, 3.8) is 0 Å². The third-order valence-corrected chi connectivity index (χ3v) is 2.24. The maximum absolute atomic E-state index is 12.6. The van der Waals surface area contributed by atoms with Crippen molar-refractivity contribution in [3.8, 4) is 0 Å². The van der Waals surface area contributed by atoms with E-state index in [9.17, 15) is 18.0 Å². The molecule has 0 aromatic carbocycles. The van der Waals surface area contributed by atoms with E-state index in [1.54, 1.807) is 6.92 Å². The summed E-state index contributed by atoms with van der Waals surface area (Å²) in [5, 5.41) is 0. The Morgan fingerprint density at radius 1 is 1.64 bits per heavy atom. The summed E-state index contributed by atoms with van der Waals surface area (Å²) in [5.41, 5.74) is -2.22. The Balaban J connectivity index is 2.89. The van der Waals surface area contributed by atoms with Gasteiger partial charge in [-0.3, -0.25) is 4.79 Å². The lowest BCUT2D eigenvalue weighted by atomic mass is 9.87. The van der Waals surface area contributed by atoms with E-state index < -0.39 is 30.3 Å². The van der Waals surface area contributed by atoms with Gasteiger partial charge in [-0.1, -0.05) is 0 Å². The van der Waals surface area contributed by atoms with Gasteiger partial charge in [0.15, 0.2) is 0 Å². The van der Waals surface area contributed by atoms with Crippen LogP contribution in [0.5, 0.6) is 0 Å². The zero-order chi connectivity index (χ0) is 11.0. The Hall–Kier alpha value is -0.780. The van der Waals surface area contributed by atoms with Crippen LogP contribution in [0, 0.1) is 5.41 Å². The molecular formula is C8H11F3O3. The van der Waals surface area contributed by atoms with Crippen LogP contribution in [0.4, 0.5) is 13.2 Å². The first-order valence-corrected chi connectivity index (χ1v) is 4.19. The van der Waals surface area contributed by atoms with Crippen LogP contribution in [0.15, 0.2) is 0 Å². The number of esters is 1.